The van der Waals surface area contributed by atoms with Crippen molar-refractivity contribution in [2.24, 2.45) is 0 Å². The molecule has 0 saturated carbocycles. The molecule has 0 aliphatic carbocycles. The van der Waals surface area contributed by atoms with Gasteiger partial charge in [0.05, 0.1) is 29.0 Å². The van der Waals surface area contributed by atoms with Crippen LogP contribution in [-0.4, -0.2) is 0 Å². The van der Waals surface area contributed by atoms with Gasteiger partial charge in [-0.3, -0.25) is 0 Å². The van der Waals surface area contributed by atoms with Gasteiger partial charge < -0.3 is 9.32 Å². The predicted molar refractivity (Wildman–Crippen MR) is 263 cm³/mol. The van der Waals surface area contributed by atoms with Gasteiger partial charge in [0.2, 0.25) is 0 Å². The molecule has 1 heterocycles. The second-order valence-corrected chi connectivity index (χ2v) is 14.7. The molecule has 0 aliphatic heterocycles. The van der Waals surface area contributed by atoms with Gasteiger partial charge in [-0.1, -0.05) is 188 Å². The predicted octanol–water partition coefficient (Wildman–Crippen LogP) is 17.2. The SMILES string of the molecule is [2H]c1c([2H])c([2H])c(-c2c([2H])c([2H])c(-c3c([2H])c([2H])c(N(c4ccccc4-c4cccc5oc6c7ccccc7ccc6c45)c4c([2H])c([2H])c(-c5ccc6c(ccc7ccccc76)c5)c([2H])c4[2H])c([2H])c3[2H])c([2H])c2[2H])c([2H])c1[2H]. The molecular formula is C60H39NO. The van der Waals surface area contributed by atoms with Crippen LogP contribution in [0.4, 0.5) is 17.1 Å². The van der Waals surface area contributed by atoms with Crippen LogP contribution in [0.25, 0.3) is 98.8 Å². The van der Waals surface area contributed by atoms with Crippen LogP contribution in [0.3, 0.4) is 0 Å². The molecule has 11 aromatic carbocycles. The Kier molecular flexibility index (Phi) is 5.36. The highest BCUT2D eigenvalue weighted by Crippen LogP contribution is 2.46. The third kappa shape index (κ3) is 6.12. The topological polar surface area (TPSA) is 16.4 Å². The standard InChI is InChI=1S/C60H39NO/c1-2-11-40(12-3-1)41-21-23-42(24-22-41)43-27-33-49(34-28-43)61(50-35-29-44(30-36-50)47-32-37-52-48(39-47)26-25-45-13-4-6-15-51(45)52)57-19-9-8-17-54(57)55-18-10-20-58-59(55)56-38-31-46-14-5-7-16-53(46)60(56)62-58/h1-39H/i1D,2D,3D,11D,12D,21D,22D,23D,24D,27D,28D,29D,30D,33D,34D,35D,36D. The third-order valence-electron chi connectivity index (χ3n) is 11.2. The highest BCUT2D eigenvalue weighted by molar-refractivity contribution is 6.20. The van der Waals surface area contributed by atoms with E-state index >= 15 is 0 Å². The highest BCUT2D eigenvalue weighted by Gasteiger charge is 2.21. The minimum absolute atomic E-state index is 0.0331. The van der Waals surface area contributed by atoms with Crippen molar-refractivity contribution in [2.75, 3.05) is 4.90 Å². The van der Waals surface area contributed by atoms with Gasteiger partial charge in [0, 0.05) is 33.1 Å². The van der Waals surface area contributed by atoms with E-state index in [0.29, 0.717) is 33.2 Å². The van der Waals surface area contributed by atoms with Crippen LogP contribution in [0.15, 0.2) is 241 Å². The van der Waals surface area contributed by atoms with Crippen molar-refractivity contribution >= 4 is 71.3 Å². The van der Waals surface area contributed by atoms with Crippen molar-refractivity contribution in [1.29, 1.82) is 0 Å². The van der Waals surface area contributed by atoms with Crippen LogP contribution in [0.5, 0.6) is 0 Å². The summed E-state index contributed by atoms with van der Waals surface area (Å²) in [7, 11) is 0. The fourth-order valence-electron chi connectivity index (χ4n) is 8.24. The van der Waals surface area contributed by atoms with Crippen LogP contribution >= 0.6 is 0 Å². The average Bonchev–Trinajstić information content (AvgIpc) is 4.08. The van der Waals surface area contributed by atoms with E-state index in [4.69, 9.17) is 14.0 Å². The summed E-state index contributed by atoms with van der Waals surface area (Å²) in [4.78, 5) is 1.17. The first kappa shape index (κ1) is 22.4. The summed E-state index contributed by atoms with van der Waals surface area (Å²) < 4.78 is 163. The molecule has 1 aromatic heterocycles. The smallest absolute Gasteiger partial charge is 0.143 e. The fourth-order valence-corrected chi connectivity index (χ4v) is 8.24. The van der Waals surface area contributed by atoms with Gasteiger partial charge in [0.25, 0.3) is 0 Å². The van der Waals surface area contributed by atoms with Gasteiger partial charge in [-0.05, 0) is 114 Å². The van der Waals surface area contributed by atoms with Crippen molar-refractivity contribution in [3.63, 3.8) is 0 Å². The summed E-state index contributed by atoms with van der Waals surface area (Å²) in [5.41, 5.74) is -1.02. The Bertz CT molecular complexity index is 4550. The van der Waals surface area contributed by atoms with E-state index in [9.17, 15) is 13.7 Å². The summed E-state index contributed by atoms with van der Waals surface area (Å²) in [6, 6.07) is 28.1. The Labute approximate surface area is 384 Å². The molecule has 0 unspecified atom stereocenters. The van der Waals surface area contributed by atoms with E-state index < -0.39 is 136 Å². The minimum atomic E-state index is -0.885. The number of fused-ring (bicyclic) bond motifs is 8. The number of furan rings is 1. The van der Waals surface area contributed by atoms with Crippen LogP contribution in [-0.2, 0) is 0 Å². The summed E-state index contributed by atoms with van der Waals surface area (Å²) in [5, 5.41) is 6.90. The number of benzene rings is 11. The molecule has 2 nitrogen and oxygen atoms in total. The molecule has 62 heavy (non-hydrogen) atoms. The molecule has 0 radical (unpaired) electrons. The van der Waals surface area contributed by atoms with E-state index in [1.807, 2.05) is 91.0 Å². The van der Waals surface area contributed by atoms with Crippen LogP contribution < -0.4 is 4.90 Å². The van der Waals surface area contributed by atoms with Gasteiger partial charge in [0.1, 0.15) is 11.2 Å². The number of hydrogen-bond donors (Lipinski definition) is 0. The quantitative estimate of drug-likeness (QED) is 0.149. The number of anilines is 3. The van der Waals surface area contributed by atoms with E-state index in [2.05, 4.69) is 0 Å². The fraction of sp³-hybridized carbons (Fsp3) is 0. The molecule has 0 spiro atoms. The van der Waals surface area contributed by atoms with Gasteiger partial charge >= 0.3 is 0 Å². The zero-order chi connectivity index (χ0) is 55.8. The Morgan fingerprint density at radius 1 is 0.355 bits per heavy atom. The zero-order valence-electron chi connectivity index (χ0n) is 49.6. The van der Waals surface area contributed by atoms with Gasteiger partial charge in [0.15, 0.2) is 0 Å². The lowest BCUT2D eigenvalue weighted by atomic mass is 9.95. The molecule has 0 saturated heterocycles. The summed E-state index contributed by atoms with van der Waals surface area (Å²) in [6.07, 6.45) is 0. The van der Waals surface area contributed by atoms with E-state index in [0.717, 1.165) is 37.7 Å². The molecule has 0 fully saturated rings. The Morgan fingerprint density at radius 2 is 0.871 bits per heavy atom. The zero-order valence-corrected chi connectivity index (χ0v) is 32.6. The maximum atomic E-state index is 9.86. The van der Waals surface area contributed by atoms with Crippen LogP contribution in [0.1, 0.15) is 23.3 Å². The van der Waals surface area contributed by atoms with Crippen molar-refractivity contribution in [2.45, 2.75) is 0 Å². The first-order valence-electron chi connectivity index (χ1n) is 28.4. The molecule has 0 amide bonds. The maximum Gasteiger partial charge on any atom is 0.143 e. The number of nitrogens with zero attached hydrogens (tertiary/aromatic N) is 1. The van der Waals surface area contributed by atoms with Gasteiger partial charge in [-0.15, -0.1) is 0 Å². The Morgan fingerprint density at radius 3 is 1.60 bits per heavy atom. The molecule has 12 rings (SSSR count). The van der Waals surface area contributed by atoms with Crippen molar-refractivity contribution in [1.82, 2.24) is 0 Å². The molecular weight excluding hydrogens is 751 g/mol. The summed E-state index contributed by atoms with van der Waals surface area (Å²) in [5.74, 6) is 0. The lowest BCUT2D eigenvalue weighted by Gasteiger charge is -2.28. The molecule has 12 aromatic rings. The number of para-hydroxylation sites is 1. The van der Waals surface area contributed by atoms with Gasteiger partial charge in [-0.25, -0.2) is 0 Å². The van der Waals surface area contributed by atoms with Crippen molar-refractivity contribution in [3.05, 3.63) is 236 Å². The monoisotopic (exact) mass is 806 g/mol. The summed E-state index contributed by atoms with van der Waals surface area (Å²) >= 11 is 0. The lowest BCUT2D eigenvalue weighted by molar-refractivity contribution is 0.673. The van der Waals surface area contributed by atoms with E-state index in [-0.39, 0.29) is 11.3 Å². The van der Waals surface area contributed by atoms with Crippen molar-refractivity contribution < 1.29 is 27.7 Å². The van der Waals surface area contributed by atoms with E-state index in [1.165, 1.54) is 4.90 Å². The van der Waals surface area contributed by atoms with E-state index in [1.54, 1.807) is 42.5 Å². The van der Waals surface area contributed by atoms with Gasteiger partial charge in [-0.2, -0.15) is 0 Å². The molecule has 0 N–H and O–H groups in total. The van der Waals surface area contributed by atoms with Crippen LogP contribution in [0, 0.1) is 0 Å². The molecule has 290 valence electrons. The van der Waals surface area contributed by atoms with Crippen molar-refractivity contribution in [3.8, 4) is 44.5 Å². The normalized spacial score (nSPS) is 15.4. The average molecular weight is 807 g/mol. The first-order valence-corrected chi connectivity index (χ1v) is 19.9. The highest BCUT2D eigenvalue weighted by atomic mass is 16.3. The lowest BCUT2D eigenvalue weighted by Crippen LogP contribution is -2.11. The molecule has 0 aliphatic rings. The number of rotatable bonds is 7. The molecule has 2 heteroatoms. The number of hydrogen-bond acceptors (Lipinski definition) is 2. The third-order valence-corrected chi connectivity index (χ3v) is 11.2. The molecule has 0 bridgehead atoms. The first-order chi connectivity index (χ1) is 37.8. The van der Waals surface area contributed by atoms with Crippen LogP contribution in [0.2, 0.25) is 0 Å². The second-order valence-electron chi connectivity index (χ2n) is 14.7. The largest absolute Gasteiger partial charge is 0.455 e. The second kappa shape index (κ2) is 14.8. The molecule has 0 atom stereocenters. The Hall–Kier alpha value is -8.20. The summed E-state index contributed by atoms with van der Waals surface area (Å²) in [6.45, 7) is 0. The Balaban J connectivity index is 1.12. The maximum absolute atomic E-state index is 9.86. The minimum Gasteiger partial charge on any atom is -0.455 e.